The molecule has 0 spiro atoms. The van der Waals surface area contributed by atoms with E-state index in [1.165, 1.54) is 19.3 Å². The molecule has 0 bridgehead atoms. The predicted octanol–water partition coefficient (Wildman–Crippen LogP) is -0.649. The van der Waals surface area contributed by atoms with Gasteiger partial charge in [0.2, 0.25) is 0 Å². The Hall–Kier alpha value is 0.803. The maximum absolute atomic E-state index is 2.41. The minimum absolute atomic E-state index is 0. The largest absolute Gasteiger partial charge is 1.00 e. The second-order valence-electron chi connectivity index (χ2n) is 5.55. The van der Waals surface area contributed by atoms with Gasteiger partial charge >= 0.3 is 124 Å². The van der Waals surface area contributed by atoms with Crippen molar-refractivity contribution in [3.05, 3.63) is 41.0 Å². The van der Waals surface area contributed by atoms with Crippen molar-refractivity contribution >= 4 is 0 Å². The van der Waals surface area contributed by atoms with E-state index in [0.29, 0.717) is 0 Å². The van der Waals surface area contributed by atoms with Gasteiger partial charge in [0.05, 0.1) is 0 Å². The van der Waals surface area contributed by atoms with Crippen molar-refractivity contribution in [2.75, 3.05) is 0 Å². The second-order valence-corrected chi connectivity index (χ2v) is 8.98. The summed E-state index contributed by atoms with van der Waals surface area (Å²) in [6.07, 6.45) is 8.60. The number of allylic oxidation sites excluding steroid dienone is 8. The average molecular weight is 479 g/mol. The molecule has 0 N–H and O–H groups in total. The van der Waals surface area contributed by atoms with Gasteiger partial charge in [-0.1, -0.05) is 0 Å². The molecule has 0 nitrogen and oxygen atoms in total. The van der Waals surface area contributed by atoms with Crippen LogP contribution in [0.5, 0.6) is 0 Å². The first kappa shape index (κ1) is 20.8. The molecule has 0 aliphatic heterocycles. The van der Waals surface area contributed by atoms with E-state index in [9.17, 15) is 0 Å². The van der Waals surface area contributed by atoms with Gasteiger partial charge in [0.25, 0.3) is 0 Å². The molecule has 0 aromatic rings. The van der Waals surface area contributed by atoms with E-state index in [-0.39, 0.29) is 34.0 Å². The molecule has 0 aromatic carbocycles. The molecule has 0 fully saturated rings. The topological polar surface area (TPSA) is 0 Å². The first-order valence-electron chi connectivity index (χ1n) is 7.10. The van der Waals surface area contributed by atoms with E-state index in [2.05, 4.69) is 46.8 Å². The van der Waals surface area contributed by atoms with Crippen LogP contribution in [-0.4, -0.2) is 0 Å². The van der Waals surface area contributed by atoms with Gasteiger partial charge < -0.3 is 34.0 Å². The fraction of sp³-hybridized carbons (Fsp3) is 0.529. The third-order valence-electron chi connectivity index (χ3n) is 4.47. The third kappa shape index (κ3) is 4.17. The summed E-state index contributed by atoms with van der Waals surface area (Å²) in [6.45, 7) is 11.7. The smallest absolute Gasteiger partial charge is 1.00 e. The molecule has 0 saturated heterocycles. The van der Waals surface area contributed by atoms with Gasteiger partial charge in [0, 0.05) is 0 Å². The van der Waals surface area contributed by atoms with Gasteiger partial charge in [-0.25, -0.2) is 0 Å². The Morgan fingerprint density at radius 2 is 1.80 bits per heavy atom. The van der Waals surface area contributed by atoms with Gasteiger partial charge in [-0.3, -0.25) is 0 Å². The van der Waals surface area contributed by atoms with Crippen LogP contribution in [0.15, 0.2) is 41.0 Å². The second kappa shape index (κ2) is 9.06. The molecular formula is C17H24Br2Zr. The summed E-state index contributed by atoms with van der Waals surface area (Å²) in [5.41, 5.74) is 6.50. The van der Waals surface area contributed by atoms with Crippen LogP contribution in [0.25, 0.3) is 0 Å². The molecule has 1 unspecified atom stereocenters. The first-order chi connectivity index (χ1) is 8.56. The van der Waals surface area contributed by atoms with Crippen LogP contribution in [0.4, 0.5) is 0 Å². The zero-order chi connectivity index (χ0) is 13.3. The molecule has 1 atom stereocenters. The van der Waals surface area contributed by atoms with Crippen LogP contribution < -0.4 is 34.0 Å². The quantitative estimate of drug-likeness (QED) is 0.503. The van der Waals surface area contributed by atoms with Gasteiger partial charge in [0.15, 0.2) is 0 Å². The molecule has 3 heteroatoms. The van der Waals surface area contributed by atoms with Crippen LogP contribution in [0.2, 0.25) is 0 Å². The summed E-state index contributed by atoms with van der Waals surface area (Å²) in [4.78, 5) is 0. The minimum Gasteiger partial charge on any atom is -1.00 e. The Morgan fingerprint density at radius 1 is 1.15 bits per heavy atom. The van der Waals surface area contributed by atoms with Crippen molar-refractivity contribution in [2.45, 2.75) is 53.9 Å². The number of halogens is 2. The Bertz CT molecular complexity index is 481. The van der Waals surface area contributed by atoms with E-state index in [0.717, 1.165) is 5.92 Å². The van der Waals surface area contributed by atoms with Crippen molar-refractivity contribution < 1.29 is 57.2 Å². The molecule has 2 rings (SSSR count). The monoisotopic (exact) mass is 476 g/mol. The van der Waals surface area contributed by atoms with Crippen molar-refractivity contribution in [1.82, 2.24) is 0 Å². The van der Waals surface area contributed by atoms with Crippen LogP contribution >= 0.6 is 0 Å². The van der Waals surface area contributed by atoms with Crippen molar-refractivity contribution in [2.24, 2.45) is 5.92 Å². The maximum atomic E-state index is 2.41. The zero-order valence-electron chi connectivity index (χ0n) is 13.1. The molecule has 0 amide bonds. The van der Waals surface area contributed by atoms with Crippen LogP contribution in [0.3, 0.4) is 0 Å². The molecule has 0 radical (unpaired) electrons. The summed E-state index contributed by atoms with van der Waals surface area (Å²) in [6, 6.07) is 0. The molecule has 0 heterocycles. The Labute approximate surface area is 157 Å². The van der Waals surface area contributed by atoms with Crippen LogP contribution in [0.1, 0.15) is 53.9 Å². The first-order valence-corrected chi connectivity index (χ1v) is 9.56. The van der Waals surface area contributed by atoms with Crippen molar-refractivity contribution in [1.29, 1.82) is 0 Å². The number of rotatable bonds is 4. The van der Waals surface area contributed by atoms with E-state index in [1.807, 2.05) is 6.56 Å². The molecule has 2 aliphatic carbocycles. The van der Waals surface area contributed by atoms with Gasteiger partial charge in [-0.15, -0.1) is 0 Å². The molecule has 0 aromatic heterocycles. The van der Waals surface area contributed by atoms with Gasteiger partial charge in [-0.05, 0) is 0 Å². The standard InChI is InChI=1S/C9H13.C8H11.2BrH.Zr/c1-6-5-7(2)9(4)8(6)3;1-2-5-8-6-3-4-7-8;;;/h6H,1-4H3;3,6H,2,4-5H2,1H3;2*1H;/q;;;;+2/p-2. The zero-order valence-corrected chi connectivity index (χ0v) is 18.7. The normalized spacial score (nSPS) is 21.1. The maximum Gasteiger partial charge on any atom is -1.00 e. The SMILES string of the molecule is CCCC1=[C]([Zr+2][C]2=C(C)C(C)=C(C)C2C)CC=C1.[Br-].[Br-]. The van der Waals surface area contributed by atoms with E-state index < -0.39 is 23.2 Å². The van der Waals surface area contributed by atoms with Crippen molar-refractivity contribution in [3.63, 3.8) is 0 Å². The van der Waals surface area contributed by atoms with E-state index >= 15 is 0 Å². The summed E-state index contributed by atoms with van der Waals surface area (Å²) < 4.78 is 3.67. The summed E-state index contributed by atoms with van der Waals surface area (Å²) in [5.74, 6) is 0.729. The fourth-order valence-electron chi connectivity index (χ4n) is 2.91. The summed E-state index contributed by atoms with van der Waals surface area (Å²) in [5, 5.41) is 0. The average Bonchev–Trinajstić information content (AvgIpc) is 2.86. The minimum atomic E-state index is -0.522. The summed E-state index contributed by atoms with van der Waals surface area (Å²) in [7, 11) is 0. The van der Waals surface area contributed by atoms with Crippen LogP contribution in [0, 0.1) is 5.92 Å². The Kier molecular flexibility index (Phi) is 9.42. The molecular weight excluding hydrogens is 455 g/mol. The molecule has 110 valence electrons. The van der Waals surface area contributed by atoms with E-state index in [4.69, 9.17) is 0 Å². The molecule has 2 aliphatic rings. The summed E-state index contributed by atoms with van der Waals surface area (Å²) >= 11 is -0.522. The Morgan fingerprint density at radius 3 is 2.30 bits per heavy atom. The molecule has 0 saturated carbocycles. The van der Waals surface area contributed by atoms with Crippen molar-refractivity contribution in [3.8, 4) is 0 Å². The third-order valence-corrected chi connectivity index (χ3v) is 9.16. The molecule has 20 heavy (non-hydrogen) atoms. The predicted molar refractivity (Wildman–Crippen MR) is 75.9 cm³/mol. The van der Waals surface area contributed by atoms with Crippen LogP contribution in [-0.2, 0) is 23.2 Å². The number of hydrogen-bond acceptors (Lipinski definition) is 0. The van der Waals surface area contributed by atoms with E-state index in [1.54, 1.807) is 22.3 Å². The van der Waals surface area contributed by atoms with Gasteiger partial charge in [-0.2, -0.15) is 0 Å². The number of hydrogen-bond donors (Lipinski definition) is 0. The Balaban J connectivity index is 0.00000180. The fourth-order valence-corrected chi connectivity index (χ4v) is 7.15. The van der Waals surface area contributed by atoms with Gasteiger partial charge in [0.1, 0.15) is 0 Å².